The number of aryl methyl sites for hydroxylation is 2. The lowest BCUT2D eigenvalue weighted by Crippen LogP contribution is -2.38. The van der Waals surface area contributed by atoms with Crippen LogP contribution in [0.5, 0.6) is 0 Å². The van der Waals surface area contributed by atoms with Crippen LogP contribution in [0.4, 0.5) is 13.2 Å². The number of esters is 1. The number of rotatable bonds is 6. The SMILES string of the molecule is COC(=O)C(F)(F)F.Cc1ccc(C[C@H](c2ccc(C)cc2)C(C)NC(=O)c2cc[nH+]c(Br)c2)cc1. The number of benzene rings is 2. The van der Waals surface area contributed by atoms with Crippen LogP contribution in [0, 0.1) is 13.8 Å². The summed E-state index contributed by atoms with van der Waals surface area (Å²) in [6.07, 6.45) is -2.22. The molecule has 3 aromatic rings. The average Bonchev–Trinajstić information content (AvgIpc) is 2.83. The van der Waals surface area contributed by atoms with Gasteiger partial charge in [0.25, 0.3) is 5.91 Å². The topological polar surface area (TPSA) is 69.5 Å². The van der Waals surface area contributed by atoms with Gasteiger partial charge in [0.05, 0.1) is 12.7 Å². The molecule has 0 aliphatic rings. The molecular weight excluding hydrogens is 537 g/mol. The van der Waals surface area contributed by atoms with Gasteiger partial charge in [-0.1, -0.05) is 59.7 Å². The number of alkyl halides is 3. The second kappa shape index (κ2) is 13.2. The lowest BCUT2D eigenvalue weighted by molar-refractivity contribution is -0.392. The van der Waals surface area contributed by atoms with Crippen LogP contribution in [0.15, 0.2) is 71.5 Å². The average molecular weight is 566 g/mol. The fraction of sp³-hybridized carbons (Fsp3) is 0.296. The molecule has 0 radical (unpaired) electrons. The highest BCUT2D eigenvalue weighted by molar-refractivity contribution is 9.10. The number of carbonyl (C=O) groups is 2. The summed E-state index contributed by atoms with van der Waals surface area (Å²) >= 11 is 3.38. The number of pyridine rings is 1. The van der Waals surface area contributed by atoms with Crippen LogP contribution in [0.3, 0.4) is 0 Å². The molecule has 0 aliphatic heterocycles. The van der Waals surface area contributed by atoms with E-state index in [2.05, 4.69) is 100 Å². The molecule has 0 aliphatic carbocycles. The summed E-state index contributed by atoms with van der Waals surface area (Å²) in [6.45, 7) is 6.27. The molecule has 0 bridgehead atoms. The summed E-state index contributed by atoms with van der Waals surface area (Å²) in [4.78, 5) is 25.2. The molecular formula is C27H29BrF3N2O3+. The van der Waals surface area contributed by atoms with Crippen molar-refractivity contribution >= 4 is 27.8 Å². The minimum absolute atomic E-state index is 0.0144. The summed E-state index contributed by atoms with van der Waals surface area (Å²) in [5.74, 6) is -2.05. The van der Waals surface area contributed by atoms with Gasteiger partial charge in [0.2, 0.25) is 4.60 Å². The Bertz CT molecular complexity index is 1150. The number of aromatic amines is 1. The number of aromatic nitrogens is 1. The van der Waals surface area contributed by atoms with E-state index in [4.69, 9.17) is 0 Å². The molecule has 2 atom stereocenters. The number of halogens is 4. The van der Waals surface area contributed by atoms with Gasteiger partial charge in [-0.25, -0.2) is 9.78 Å². The Morgan fingerprint density at radius 2 is 1.56 bits per heavy atom. The van der Waals surface area contributed by atoms with E-state index in [1.165, 1.54) is 22.3 Å². The normalized spacial score (nSPS) is 12.6. The van der Waals surface area contributed by atoms with Gasteiger partial charge in [-0.05, 0) is 38.3 Å². The van der Waals surface area contributed by atoms with E-state index in [1.54, 1.807) is 18.3 Å². The molecule has 2 aromatic carbocycles. The Morgan fingerprint density at radius 3 is 2.03 bits per heavy atom. The predicted octanol–water partition coefficient (Wildman–Crippen LogP) is 5.75. The van der Waals surface area contributed by atoms with Crippen molar-refractivity contribution in [2.24, 2.45) is 0 Å². The predicted molar refractivity (Wildman–Crippen MR) is 134 cm³/mol. The van der Waals surface area contributed by atoms with Crippen molar-refractivity contribution in [2.75, 3.05) is 7.11 Å². The molecule has 0 spiro atoms. The van der Waals surface area contributed by atoms with E-state index in [0.717, 1.165) is 11.0 Å². The molecule has 1 heterocycles. The van der Waals surface area contributed by atoms with Crippen LogP contribution in [0.1, 0.15) is 45.5 Å². The maximum absolute atomic E-state index is 12.7. The first-order valence-electron chi connectivity index (χ1n) is 11.2. The Morgan fingerprint density at radius 1 is 1.00 bits per heavy atom. The third kappa shape index (κ3) is 9.11. The van der Waals surface area contributed by atoms with Crippen LogP contribution in [0.2, 0.25) is 0 Å². The first kappa shape index (κ1) is 29.0. The van der Waals surface area contributed by atoms with E-state index in [0.29, 0.717) is 12.7 Å². The second-order valence-corrected chi connectivity index (χ2v) is 9.24. The minimum atomic E-state index is -4.85. The molecule has 5 nitrogen and oxygen atoms in total. The standard InChI is InChI=1S/C24H25BrN2O.C3H3F3O2/c1-16-4-8-19(9-5-16)14-22(20-10-6-17(2)7-11-20)18(3)27-24(28)21-12-13-26-23(25)15-21;1-8-2(7)3(4,5)6/h4-13,15,18,22H,14H2,1-3H3,(H,27,28);1H3/p+1/t18?,22-;/m0./s1. The van der Waals surface area contributed by atoms with Gasteiger partial charge in [0.15, 0.2) is 6.20 Å². The third-order valence-corrected chi connectivity index (χ3v) is 5.95. The fourth-order valence-corrected chi connectivity index (χ4v) is 3.84. The van der Waals surface area contributed by atoms with Gasteiger partial charge in [-0.3, -0.25) is 4.79 Å². The van der Waals surface area contributed by atoms with E-state index < -0.39 is 12.1 Å². The molecule has 1 amide bonds. The second-order valence-electron chi connectivity index (χ2n) is 8.38. The van der Waals surface area contributed by atoms with Gasteiger partial charge in [-0.15, -0.1) is 0 Å². The number of hydrogen-bond acceptors (Lipinski definition) is 3. The summed E-state index contributed by atoms with van der Waals surface area (Å²) < 4.78 is 37.1. The molecule has 1 aromatic heterocycles. The van der Waals surface area contributed by atoms with E-state index in [1.807, 2.05) is 0 Å². The highest BCUT2D eigenvalue weighted by Crippen LogP contribution is 2.26. The number of carbonyl (C=O) groups excluding carboxylic acids is 2. The van der Waals surface area contributed by atoms with Crippen molar-refractivity contribution in [2.45, 2.75) is 45.3 Å². The molecule has 9 heteroatoms. The van der Waals surface area contributed by atoms with Crippen LogP contribution in [-0.2, 0) is 16.0 Å². The Balaban J connectivity index is 0.000000493. The van der Waals surface area contributed by atoms with Crippen molar-refractivity contribution in [1.29, 1.82) is 0 Å². The lowest BCUT2D eigenvalue weighted by atomic mass is 9.86. The molecule has 192 valence electrons. The zero-order chi connectivity index (χ0) is 26.9. The Hall–Kier alpha value is -3.20. The van der Waals surface area contributed by atoms with E-state index in [9.17, 15) is 22.8 Å². The van der Waals surface area contributed by atoms with Crippen molar-refractivity contribution in [1.82, 2.24) is 5.32 Å². The molecule has 0 saturated carbocycles. The molecule has 1 unspecified atom stereocenters. The number of methoxy groups -OCH3 is 1. The van der Waals surface area contributed by atoms with Gasteiger partial charge < -0.3 is 10.1 Å². The number of H-pyrrole nitrogens is 1. The molecule has 0 fully saturated rings. The smallest absolute Gasteiger partial charge is 0.462 e. The van der Waals surface area contributed by atoms with Crippen molar-refractivity contribution < 1.29 is 32.5 Å². The lowest BCUT2D eigenvalue weighted by Gasteiger charge is -2.26. The van der Waals surface area contributed by atoms with Gasteiger partial charge >= 0.3 is 12.1 Å². The minimum Gasteiger partial charge on any atom is -0.462 e. The third-order valence-electron chi connectivity index (χ3n) is 5.49. The van der Waals surface area contributed by atoms with Crippen LogP contribution in [-0.4, -0.2) is 31.2 Å². The first-order chi connectivity index (χ1) is 16.9. The van der Waals surface area contributed by atoms with Gasteiger partial charge in [0, 0.05) is 40.0 Å². The summed E-state index contributed by atoms with van der Waals surface area (Å²) in [7, 11) is 0.676. The maximum Gasteiger partial charge on any atom is 0.490 e. The van der Waals surface area contributed by atoms with Gasteiger partial charge in [-0.2, -0.15) is 13.2 Å². The highest BCUT2D eigenvalue weighted by atomic mass is 79.9. The van der Waals surface area contributed by atoms with Crippen LogP contribution < -0.4 is 10.3 Å². The van der Waals surface area contributed by atoms with E-state index >= 15 is 0 Å². The largest absolute Gasteiger partial charge is 0.490 e. The Kier molecular flexibility index (Phi) is 10.6. The number of hydrogen-bond donors (Lipinski definition) is 1. The quantitative estimate of drug-likeness (QED) is 0.306. The summed E-state index contributed by atoms with van der Waals surface area (Å²) in [5.41, 5.74) is 5.63. The monoisotopic (exact) mass is 565 g/mol. The van der Waals surface area contributed by atoms with Crippen LogP contribution in [0.25, 0.3) is 0 Å². The highest BCUT2D eigenvalue weighted by Gasteiger charge is 2.40. The van der Waals surface area contributed by atoms with Gasteiger partial charge in [0.1, 0.15) is 0 Å². The van der Waals surface area contributed by atoms with Crippen LogP contribution >= 0.6 is 15.9 Å². The maximum atomic E-state index is 12.7. The van der Waals surface area contributed by atoms with Crippen molar-refractivity contribution in [3.8, 4) is 0 Å². The van der Waals surface area contributed by atoms with Crippen molar-refractivity contribution in [3.05, 3.63) is 99.3 Å². The fourth-order valence-electron chi connectivity index (χ4n) is 3.46. The number of nitrogens with one attached hydrogen (secondary N) is 2. The zero-order valence-electron chi connectivity index (χ0n) is 20.4. The molecule has 3 rings (SSSR count). The van der Waals surface area contributed by atoms with Crippen molar-refractivity contribution in [3.63, 3.8) is 0 Å². The number of amides is 1. The Labute approximate surface area is 217 Å². The number of ether oxygens (including phenoxy) is 1. The molecule has 36 heavy (non-hydrogen) atoms. The first-order valence-corrected chi connectivity index (χ1v) is 12.0. The summed E-state index contributed by atoms with van der Waals surface area (Å²) in [6, 6.07) is 20.8. The zero-order valence-corrected chi connectivity index (χ0v) is 22.0. The summed E-state index contributed by atoms with van der Waals surface area (Å²) in [5, 5.41) is 3.19. The molecule has 0 saturated heterocycles. The van der Waals surface area contributed by atoms with E-state index in [-0.39, 0.29) is 17.9 Å². The molecule has 2 N–H and O–H groups in total.